The molecule has 1 aliphatic rings. The molecular formula is C75H62F2N4O. The lowest BCUT2D eigenvalue weighted by Crippen LogP contribution is -2.29. The van der Waals surface area contributed by atoms with E-state index in [4.69, 9.17) is 14.4 Å². The lowest BCUT2D eigenvalue weighted by atomic mass is 9.67. The first-order valence-corrected chi connectivity index (χ1v) is 28.1. The first-order chi connectivity index (χ1) is 39.6. The molecule has 0 radical (unpaired) electrons. The zero-order valence-electron chi connectivity index (χ0n) is 47.4. The Morgan fingerprint density at radius 1 is 0.439 bits per heavy atom. The predicted molar refractivity (Wildman–Crippen MR) is 334 cm³/mol. The molecule has 0 aliphatic heterocycles. The number of aromatic nitrogens is 2. The number of para-hydroxylation sites is 1. The Morgan fingerprint density at radius 2 is 0.927 bits per heavy atom. The third kappa shape index (κ3) is 8.83. The Kier molecular flexibility index (Phi) is 12.6. The number of aryl methyl sites for hydroxylation is 2. The number of rotatable bonds is 10. The van der Waals surface area contributed by atoms with Crippen molar-refractivity contribution < 1.29 is 13.2 Å². The summed E-state index contributed by atoms with van der Waals surface area (Å²) in [5.41, 5.74) is 16.1. The molecule has 82 heavy (non-hydrogen) atoms. The molecule has 0 fully saturated rings. The molecule has 0 spiro atoms. The van der Waals surface area contributed by atoms with Crippen LogP contribution in [-0.4, -0.2) is 9.97 Å². The monoisotopic (exact) mass is 1070 g/mol. The number of benzene rings is 9. The highest BCUT2D eigenvalue weighted by molar-refractivity contribution is 6.20. The highest BCUT2D eigenvalue weighted by atomic mass is 19.1. The fourth-order valence-corrected chi connectivity index (χ4v) is 12.3. The van der Waals surface area contributed by atoms with E-state index in [1.165, 1.54) is 23.3 Å². The minimum atomic E-state index is -1.35. The van der Waals surface area contributed by atoms with Crippen LogP contribution < -0.4 is 9.80 Å². The summed E-state index contributed by atoms with van der Waals surface area (Å²) in [7, 11) is 0. The molecule has 0 saturated heterocycles. The van der Waals surface area contributed by atoms with Crippen LogP contribution in [0.3, 0.4) is 0 Å². The lowest BCUT2D eigenvalue weighted by molar-refractivity contribution is 0.590. The Balaban J connectivity index is 1.18. The van der Waals surface area contributed by atoms with Crippen molar-refractivity contribution in [2.24, 2.45) is 0 Å². The molecule has 7 heteroatoms. The molecule has 0 unspecified atom stereocenters. The topological polar surface area (TPSA) is 45.4 Å². The summed E-state index contributed by atoms with van der Waals surface area (Å²) >= 11 is 0. The van der Waals surface area contributed by atoms with Crippen molar-refractivity contribution in [1.82, 2.24) is 9.97 Å². The fourth-order valence-electron chi connectivity index (χ4n) is 12.3. The third-order valence-electron chi connectivity index (χ3n) is 16.3. The van der Waals surface area contributed by atoms with Crippen LogP contribution in [0.25, 0.3) is 55.3 Å². The maximum atomic E-state index is 16.6. The van der Waals surface area contributed by atoms with Gasteiger partial charge in [0, 0.05) is 51.4 Å². The second kappa shape index (κ2) is 20.0. The van der Waals surface area contributed by atoms with Gasteiger partial charge < -0.3 is 4.42 Å². The number of pyridine rings is 2. The van der Waals surface area contributed by atoms with Gasteiger partial charge in [-0.1, -0.05) is 175 Å². The summed E-state index contributed by atoms with van der Waals surface area (Å²) in [5, 5.41) is 1.78. The van der Waals surface area contributed by atoms with E-state index in [1.807, 2.05) is 67.0 Å². The number of hydrogen-bond acceptors (Lipinski definition) is 5. The van der Waals surface area contributed by atoms with Crippen molar-refractivity contribution in [3.05, 3.63) is 287 Å². The number of furan rings is 1. The van der Waals surface area contributed by atoms with Crippen molar-refractivity contribution >= 4 is 56.3 Å². The first-order valence-electron chi connectivity index (χ1n) is 28.1. The second-order valence-corrected chi connectivity index (χ2v) is 23.9. The van der Waals surface area contributed by atoms with Crippen molar-refractivity contribution in [3.63, 3.8) is 0 Å². The Hall–Kier alpha value is -9.46. The lowest BCUT2D eigenvalue weighted by Gasteiger charge is -2.36. The largest absolute Gasteiger partial charge is 0.454 e. The molecule has 0 saturated carbocycles. The van der Waals surface area contributed by atoms with Gasteiger partial charge in [0.1, 0.15) is 28.9 Å². The Bertz CT molecular complexity index is 4360. The van der Waals surface area contributed by atoms with E-state index in [9.17, 15) is 0 Å². The molecule has 0 bridgehead atoms. The van der Waals surface area contributed by atoms with Crippen LogP contribution in [0.1, 0.15) is 86.1 Å². The summed E-state index contributed by atoms with van der Waals surface area (Å²) in [6, 6.07) is 73.2. The molecule has 0 amide bonds. The number of anilines is 6. The van der Waals surface area contributed by atoms with Gasteiger partial charge in [0.15, 0.2) is 5.58 Å². The van der Waals surface area contributed by atoms with Gasteiger partial charge >= 0.3 is 0 Å². The zero-order valence-corrected chi connectivity index (χ0v) is 47.4. The summed E-state index contributed by atoms with van der Waals surface area (Å²) in [6.07, 6.45) is 3.83. The van der Waals surface area contributed by atoms with Crippen LogP contribution in [0.15, 0.2) is 235 Å². The van der Waals surface area contributed by atoms with E-state index < -0.39 is 17.0 Å². The van der Waals surface area contributed by atoms with E-state index >= 15 is 8.78 Å². The van der Waals surface area contributed by atoms with Crippen LogP contribution in [-0.2, 0) is 16.2 Å². The van der Waals surface area contributed by atoms with Gasteiger partial charge in [-0.2, -0.15) is 0 Å². The molecule has 5 nitrogen and oxygen atoms in total. The smallest absolute Gasteiger partial charge is 0.160 e. The summed E-state index contributed by atoms with van der Waals surface area (Å²) in [5.74, 6) is 0.595. The maximum absolute atomic E-state index is 16.6. The zero-order chi connectivity index (χ0) is 56.7. The summed E-state index contributed by atoms with van der Waals surface area (Å²) in [4.78, 5) is 15.1. The van der Waals surface area contributed by atoms with Crippen LogP contribution >= 0.6 is 0 Å². The highest BCUT2D eigenvalue weighted by Crippen LogP contribution is 2.62. The minimum absolute atomic E-state index is 0.0962. The van der Waals surface area contributed by atoms with E-state index in [-0.39, 0.29) is 10.8 Å². The van der Waals surface area contributed by atoms with E-state index in [2.05, 4.69) is 193 Å². The van der Waals surface area contributed by atoms with Gasteiger partial charge in [-0.25, -0.2) is 18.7 Å². The van der Waals surface area contributed by atoms with Crippen molar-refractivity contribution in [3.8, 4) is 33.4 Å². The molecule has 9 aromatic carbocycles. The van der Waals surface area contributed by atoms with Crippen LogP contribution in [0.2, 0.25) is 0 Å². The Labute approximate surface area is 478 Å². The Morgan fingerprint density at radius 3 is 1.45 bits per heavy atom. The van der Waals surface area contributed by atoms with Crippen LogP contribution in [0.4, 0.5) is 43.2 Å². The number of fused-ring (bicyclic) bond motifs is 7. The average molecular weight is 1070 g/mol. The number of nitrogens with zero attached hydrogens (tertiary/aromatic N) is 4. The quantitative estimate of drug-likeness (QED) is 0.137. The van der Waals surface area contributed by atoms with Crippen molar-refractivity contribution in [2.45, 2.75) is 71.6 Å². The van der Waals surface area contributed by atoms with Gasteiger partial charge in [0.25, 0.3) is 0 Å². The van der Waals surface area contributed by atoms with Crippen molar-refractivity contribution in [2.75, 3.05) is 9.80 Å². The maximum Gasteiger partial charge on any atom is 0.160 e. The van der Waals surface area contributed by atoms with Crippen LogP contribution in [0.5, 0.6) is 0 Å². The molecule has 402 valence electrons. The summed E-state index contributed by atoms with van der Waals surface area (Å²) < 4.78 is 40.6. The number of hydrogen-bond donors (Lipinski definition) is 0. The standard InChI is InChI=1S/C75H62F2N4O/c1-47-39-62(49-19-11-9-12-20-49)71(78-45-47)80(57-33-29-51(30-34-57)73(3,4)5)59-37-38-60-64(43-59)75(53-23-17-25-55(76)41-53,54-24-18-26-56(77)42-54)65-44-66(70-69(68(60)65)61-27-15-16-28-67(61)82-70)81(58-35-31-52(32-36-58)74(6,7)8)72-63(40-48(2)46-79-72)50-21-13-10-14-22-50/h9-46H,1-8H3. The molecule has 3 heterocycles. The van der Waals surface area contributed by atoms with Gasteiger partial charge in [-0.3, -0.25) is 9.80 Å². The predicted octanol–water partition coefficient (Wildman–Crippen LogP) is 20.5. The first kappa shape index (κ1) is 51.9. The second-order valence-electron chi connectivity index (χ2n) is 23.9. The molecule has 0 atom stereocenters. The van der Waals surface area contributed by atoms with E-state index in [0.29, 0.717) is 33.8 Å². The van der Waals surface area contributed by atoms with Gasteiger partial charge in [-0.05, 0) is 176 Å². The van der Waals surface area contributed by atoms with Gasteiger partial charge in [0.05, 0.1) is 11.1 Å². The fraction of sp³-hybridized carbons (Fsp3) is 0.147. The van der Waals surface area contributed by atoms with Gasteiger partial charge in [0.2, 0.25) is 0 Å². The molecule has 1 aliphatic carbocycles. The number of halogens is 2. The third-order valence-corrected chi connectivity index (χ3v) is 16.3. The molecule has 13 rings (SSSR count). The highest BCUT2D eigenvalue weighted by Gasteiger charge is 2.49. The van der Waals surface area contributed by atoms with E-state index in [0.717, 1.165) is 89.3 Å². The summed E-state index contributed by atoms with van der Waals surface area (Å²) in [6.45, 7) is 17.5. The van der Waals surface area contributed by atoms with Crippen LogP contribution in [0, 0.1) is 25.5 Å². The SMILES string of the molecule is Cc1cnc(N(c2ccc(C(C)(C)C)cc2)c2ccc3c(c2)C(c2cccc(F)c2)(c2cccc(F)c2)c2cc(N(c4ccc(C(C)(C)C)cc4)c4ncc(C)cc4-c4ccccc4)c4oc5ccccc5c4c2-3)c(-c2ccccc2)c1. The van der Waals surface area contributed by atoms with Gasteiger partial charge in [-0.15, -0.1) is 0 Å². The molecule has 0 N–H and O–H groups in total. The molecule has 3 aromatic heterocycles. The van der Waals surface area contributed by atoms with E-state index in [1.54, 1.807) is 24.3 Å². The normalized spacial score (nSPS) is 12.9. The molecule has 12 aromatic rings. The average Bonchev–Trinajstić information content (AvgIpc) is 3.55. The minimum Gasteiger partial charge on any atom is -0.454 e. The van der Waals surface area contributed by atoms with Crippen molar-refractivity contribution in [1.29, 1.82) is 0 Å². The molecular weight excluding hydrogens is 1010 g/mol.